The summed E-state index contributed by atoms with van der Waals surface area (Å²) >= 11 is 0. The van der Waals surface area contributed by atoms with Gasteiger partial charge in [0, 0.05) is 0 Å². The fourth-order valence-electron chi connectivity index (χ4n) is 1.19. The summed E-state index contributed by atoms with van der Waals surface area (Å²) in [5, 5.41) is 0. The number of rotatable bonds is 7. The van der Waals surface area contributed by atoms with E-state index in [1.807, 2.05) is 0 Å². The quantitative estimate of drug-likeness (QED) is 0.395. The van der Waals surface area contributed by atoms with Crippen LogP contribution in [0.3, 0.4) is 0 Å². The van der Waals surface area contributed by atoms with Gasteiger partial charge in [-0.15, -0.1) is 6.42 Å². The first-order valence-electron chi connectivity index (χ1n) is 5.03. The Morgan fingerprint density at radius 2 is 1.75 bits per heavy atom. The minimum absolute atomic E-state index is 1.15. The van der Waals surface area contributed by atoms with E-state index in [9.17, 15) is 0 Å². The molecule has 0 unspecified atom stereocenters. The minimum Gasteiger partial charge on any atom is -0.115 e. The lowest BCUT2D eigenvalue weighted by Crippen LogP contribution is -1.77. The van der Waals surface area contributed by atoms with E-state index >= 15 is 0 Å². The molecule has 0 aliphatic heterocycles. The number of allylic oxidation sites excluding steroid dienone is 2. The molecule has 0 rings (SSSR count). The SMILES string of the molecule is C#CC=CCCCCCCCC. The van der Waals surface area contributed by atoms with Crippen LogP contribution < -0.4 is 0 Å². The lowest BCUT2D eigenvalue weighted by molar-refractivity contribution is 0.611. The Morgan fingerprint density at radius 1 is 1.08 bits per heavy atom. The molecule has 0 nitrogen and oxygen atoms in total. The van der Waals surface area contributed by atoms with Crippen LogP contribution in [0.1, 0.15) is 51.9 Å². The van der Waals surface area contributed by atoms with Crippen molar-refractivity contribution in [2.24, 2.45) is 0 Å². The Hall–Kier alpha value is -0.700. The van der Waals surface area contributed by atoms with Crippen LogP contribution in [-0.4, -0.2) is 0 Å². The molecule has 0 fully saturated rings. The van der Waals surface area contributed by atoms with E-state index in [1.54, 1.807) is 6.08 Å². The van der Waals surface area contributed by atoms with E-state index in [2.05, 4.69) is 18.9 Å². The summed E-state index contributed by atoms with van der Waals surface area (Å²) in [7, 11) is 0. The van der Waals surface area contributed by atoms with Crippen molar-refractivity contribution in [3.05, 3.63) is 12.2 Å². The van der Waals surface area contributed by atoms with Crippen LogP contribution in [0.2, 0.25) is 0 Å². The van der Waals surface area contributed by atoms with Gasteiger partial charge < -0.3 is 0 Å². The molecular weight excluding hydrogens is 144 g/mol. The maximum absolute atomic E-state index is 5.07. The molecule has 0 aliphatic carbocycles. The zero-order valence-corrected chi connectivity index (χ0v) is 8.18. The molecule has 0 atom stereocenters. The Labute approximate surface area is 77.1 Å². The van der Waals surface area contributed by atoms with Gasteiger partial charge in [-0.1, -0.05) is 51.0 Å². The number of hydrogen-bond acceptors (Lipinski definition) is 0. The second kappa shape index (κ2) is 10.3. The molecule has 12 heavy (non-hydrogen) atoms. The molecule has 0 amide bonds. The summed E-state index contributed by atoms with van der Waals surface area (Å²) in [6.07, 6.45) is 18.3. The summed E-state index contributed by atoms with van der Waals surface area (Å²) in [4.78, 5) is 0. The second-order valence-corrected chi connectivity index (χ2v) is 3.13. The highest BCUT2D eigenvalue weighted by molar-refractivity contribution is 5.08. The third kappa shape index (κ3) is 9.30. The van der Waals surface area contributed by atoms with Gasteiger partial charge >= 0.3 is 0 Å². The predicted octanol–water partition coefficient (Wildman–Crippen LogP) is 3.93. The minimum atomic E-state index is 1.15. The van der Waals surface area contributed by atoms with Crippen molar-refractivity contribution in [2.45, 2.75) is 51.9 Å². The monoisotopic (exact) mass is 164 g/mol. The summed E-state index contributed by atoms with van der Waals surface area (Å²) in [6.45, 7) is 2.25. The first-order chi connectivity index (χ1) is 5.91. The zero-order chi connectivity index (χ0) is 9.07. The molecular formula is C12H20. The lowest BCUT2D eigenvalue weighted by Gasteiger charge is -1.96. The van der Waals surface area contributed by atoms with Gasteiger partial charge in [-0.05, 0) is 18.9 Å². The molecule has 0 heteroatoms. The summed E-state index contributed by atoms with van der Waals surface area (Å²) in [6, 6.07) is 0. The Kier molecular flexibility index (Phi) is 9.70. The molecule has 0 bridgehead atoms. The van der Waals surface area contributed by atoms with Crippen molar-refractivity contribution in [3.8, 4) is 12.3 Å². The van der Waals surface area contributed by atoms with Crippen LogP contribution in [0.5, 0.6) is 0 Å². The molecule has 0 spiro atoms. The van der Waals surface area contributed by atoms with Gasteiger partial charge in [-0.25, -0.2) is 0 Å². The van der Waals surface area contributed by atoms with Crippen LogP contribution in [0.25, 0.3) is 0 Å². The van der Waals surface area contributed by atoms with Crippen molar-refractivity contribution in [1.29, 1.82) is 0 Å². The molecule has 0 saturated carbocycles. The Bertz CT molecular complexity index is 137. The maximum atomic E-state index is 5.07. The normalized spacial score (nSPS) is 10.3. The van der Waals surface area contributed by atoms with Gasteiger partial charge in [0.15, 0.2) is 0 Å². The van der Waals surface area contributed by atoms with Crippen LogP contribution in [0, 0.1) is 12.3 Å². The van der Waals surface area contributed by atoms with Crippen LogP contribution in [0.15, 0.2) is 12.2 Å². The average Bonchev–Trinajstić information content (AvgIpc) is 2.10. The number of terminal acetylenes is 1. The Morgan fingerprint density at radius 3 is 2.42 bits per heavy atom. The molecule has 0 heterocycles. The van der Waals surface area contributed by atoms with Gasteiger partial charge in [-0.3, -0.25) is 0 Å². The van der Waals surface area contributed by atoms with Gasteiger partial charge in [0.25, 0.3) is 0 Å². The van der Waals surface area contributed by atoms with Crippen LogP contribution >= 0.6 is 0 Å². The lowest BCUT2D eigenvalue weighted by atomic mass is 10.1. The molecule has 0 radical (unpaired) electrons. The number of hydrogen-bond donors (Lipinski definition) is 0. The van der Waals surface area contributed by atoms with Gasteiger partial charge in [0.1, 0.15) is 0 Å². The van der Waals surface area contributed by atoms with Crippen LogP contribution in [-0.2, 0) is 0 Å². The van der Waals surface area contributed by atoms with Gasteiger partial charge in [0.05, 0.1) is 0 Å². The van der Waals surface area contributed by atoms with E-state index in [0.717, 1.165) is 6.42 Å². The summed E-state index contributed by atoms with van der Waals surface area (Å²) in [5.74, 6) is 2.50. The van der Waals surface area contributed by atoms with Crippen LogP contribution in [0.4, 0.5) is 0 Å². The summed E-state index contributed by atoms with van der Waals surface area (Å²) < 4.78 is 0. The smallest absolute Gasteiger partial charge is 0.0162 e. The molecule has 0 aromatic carbocycles. The van der Waals surface area contributed by atoms with Gasteiger partial charge in [-0.2, -0.15) is 0 Å². The molecule has 0 aromatic heterocycles. The van der Waals surface area contributed by atoms with E-state index < -0.39 is 0 Å². The molecule has 0 aliphatic rings. The van der Waals surface area contributed by atoms with Gasteiger partial charge in [0.2, 0.25) is 0 Å². The van der Waals surface area contributed by atoms with E-state index in [-0.39, 0.29) is 0 Å². The topological polar surface area (TPSA) is 0 Å². The second-order valence-electron chi connectivity index (χ2n) is 3.13. The first-order valence-corrected chi connectivity index (χ1v) is 5.03. The maximum Gasteiger partial charge on any atom is -0.0162 e. The Balaban J connectivity index is 2.92. The summed E-state index contributed by atoms with van der Waals surface area (Å²) in [5.41, 5.74) is 0. The highest BCUT2D eigenvalue weighted by Gasteiger charge is 1.87. The fourth-order valence-corrected chi connectivity index (χ4v) is 1.19. The van der Waals surface area contributed by atoms with E-state index in [1.165, 1.54) is 38.5 Å². The first kappa shape index (κ1) is 11.3. The van der Waals surface area contributed by atoms with Crippen molar-refractivity contribution in [3.63, 3.8) is 0 Å². The van der Waals surface area contributed by atoms with Crippen molar-refractivity contribution >= 4 is 0 Å². The third-order valence-corrected chi connectivity index (χ3v) is 1.94. The van der Waals surface area contributed by atoms with E-state index in [4.69, 9.17) is 6.42 Å². The zero-order valence-electron chi connectivity index (χ0n) is 8.18. The third-order valence-electron chi connectivity index (χ3n) is 1.94. The molecule has 0 N–H and O–H groups in total. The molecule has 0 aromatic rings. The predicted molar refractivity (Wildman–Crippen MR) is 56.0 cm³/mol. The highest BCUT2D eigenvalue weighted by atomic mass is 13.9. The number of unbranched alkanes of at least 4 members (excludes halogenated alkanes) is 6. The van der Waals surface area contributed by atoms with Crippen molar-refractivity contribution < 1.29 is 0 Å². The van der Waals surface area contributed by atoms with E-state index in [0.29, 0.717) is 0 Å². The largest absolute Gasteiger partial charge is 0.115 e. The average molecular weight is 164 g/mol. The molecule has 68 valence electrons. The van der Waals surface area contributed by atoms with Crippen molar-refractivity contribution in [2.75, 3.05) is 0 Å². The fraction of sp³-hybridized carbons (Fsp3) is 0.667. The highest BCUT2D eigenvalue weighted by Crippen LogP contribution is 2.06. The molecule has 0 saturated heterocycles. The van der Waals surface area contributed by atoms with Crippen molar-refractivity contribution in [1.82, 2.24) is 0 Å². The standard InChI is InChI=1S/C12H20/c1-3-5-7-9-11-12-10-8-6-4-2/h1,5,7H,4,6,8-12H2,2H3.